The van der Waals surface area contributed by atoms with E-state index in [1.807, 2.05) is 19.9 Å². The number of carbonyl (C=O) groups excluding carboxylic acids is 2. The Bertz CT molecular complexity index is 879. The summed E-state index contributed by atoms with van der Waals surface area (Å²) in [6.45, 7) is 6.12. The molecular weight excluding hydrogens is 390 g/mol. The SMILES string of the molecule is CCN1Cc2c(ccc(F)c2F)NC1=O.Cc1cc(C(C)NC=O)ncc1Cl. The fraction of sp³-hybridized carbons (Fsp3) is 0.316. The third-order valence-electron chi connectivity index (χ3n) is 4.29. The van der Waals surface area contributed by atoms with Crippen molar-refractivity contribution in [3.63, 3.8) is 0 Å². The van der Waals surface area contributed by atoms with Crippen LogP contribution in [0, 0.1) is 18.6 Å². The van der Waals surface area contributed by atoms with Crippen LogP contribution in [0.3, 0.4) is 0 Å². The van der Waals surface area contributed by atoms with Crippen LogP contribution in [0.5, 0.6) is 0 Å². The monoisotopic (exact) mass is 410 g/mol. The van der Waals surface area contributed by atoms with Gasteiger partial charge in [-0.25, -0.2) is 13.6 Å². The Morgan fingerprint density at radius 2 is 2.14 bits per heavy atom. The number of fused-ring (bicyclic) bond motifs is 1. The van der Waals surface area contributed by atoms with Crippen LogP contribution in [-0.2, 0) is 11.3 Å². The molecule has 1 aromatic heterocycles. The van der Waals surface area contributed by atoms with Gasteiger partial charge in [0.2, 0.25) is 6.41 Å². The summed E-state index contributed by atoms with van der Waals surface area (Å²) in [5.41, 5.74) is 2.33. The molecule has 0 fully saturated rings. The van der Waals surface area contributed by atoms with Crippen molar-refractivity contribution in [1.82, 2.24) is 15.2 Å². The second-order valence-corrected chi connectivity index (χ2v) is 6.60. The van der Waals surface area contributed by atoms with Crippen LogP contribution >= 0.6 is 11.6 Å². The lowest BCUT2D eigenvalue weighted by atomic mass is 10.1. The van der Waals surface area contributed by atoms with Gasteiger partial charge >= 0.3 is 6.03 Å². The summed E-state index contributed by atoms with van der Waals surface area (Å²) in [4.78, 5) is 27.1. The predicted octanol–water partition coefficient (Wildman–Crippen LogP) is 4.18. The van der Waals surface area contributed by atoms with Gasteiger partial charge in [-0.15, -0.1) is 0 Å². The first-order valence-corrected chi connectivity index (χ1v) is 9.00. The Morgan fingerprint density at radius 3 is 2.75 bits per heavy atom. The van der Waals surface area contributed by atoms with Crippen LogP contribution in [0.4, 0.5) is 19.3 Å². The van der Waals surface area contributed by atoms with E-state index in [4.69, 9.17) is 11.6 Å². The number of urea groups is 1. The Morgan fingerprint density at radius 1 is 1.43 bits per heavy atom. The number of hydrogen-bond donors (Lipinski definition) is 2. The molecule has 1 aromatic carbocycles. The molecule has 2 aromatic rings. The molecular formula is C19H21ClF2N4O2. The summed E-state index contributed by atoms with van der Waals surface area (Å²) in [6, 6.07) is 3.89. The maximum atomic E-state index is 13.4. The van der Waals surface area contributed by atoms with E-state index in [1.54, 1.807) is 13.1 Å². The van der Waals surface area contributed by atoms with Gasteiger partial charge < -0.3 is 15.5 Å². The van der Waals surface area contributed by atoms with Gasteiger partial charge in [-0.3, -0.25) is 9.78 Å². The highest BCUT2D eigenvalue weighted by Crippen LogP contribution is 2.27. The fourth-order valence-electron chi connectivity index (χ4n) is 2.56. The summed E-state index contributed by atoms with van der Waals surface area (Å²) in [5.74, 6) is -1.77. The van der Waals surface area contributed by atoms with Gasteiger partial charge in [0.1, 0.15) is 0 Å². The molecule has 9 heteroatoms. The zero-order valence-electron chi connectivity index (χ0n) is 15.7. The first-order valence-electron chi connectivity index (χ1n) is 8.63. The van der Waals surface area contributed by atoms with Crippen LogP contribution in [0.15, 0.2) is 24.4 Å². The minimum Gasteiger partial charge on any atom is -0.351 e. The number of hydrogen-bond acceptors (Lipinski definition) is 3. The first-order chi connectivity index (χ1) is 13.3. The molecule has 1 aliphatic rings. The third kappa shape index (κ3) is 4.95. The van der Waals surface area contributed by atoms with Gasteiger partial charge in [0.05, 0.1) is 29.0 Å². The van der Waals surface area contributed by atoms with E-state index in [2.05, 4.69) is 15.6 Å². The molecule has 150 valence electrons. The molecule has 0 aliphatic carbocycles. The van der Waals surface area contributed by atoms with Gasteiger partial charge in [-0.1, -0.05) is 11.6 Å². The van der Waals surface area contributed by atoms with E-state index in [9.17, 15) is 18.4 Å². The normalized spacial score (nSPS) is 13.6. The molecule has 0 radical (unpaired) electrons. The summed E-state index contributed by atoms with van der Waals surface area (Å²) in [6.07, 6.45) is 2.26. The van der Waals surface area contributed by atoms with Crippen molar-refractivity contribution in [1.29, 1.82) is 0 Å². The molecule has 0 bridgehead atoms. The highest BCUT2D eigenvalue weighted by Gasteiger charge is 2.25. The highest BCUT2D eigenvalue weighted by molar-refractivity contribution is 6.31. The number of carbonyl (C=O) groups is 2. The lowest BCUT2D eigenvalue weighted by molar-refractivity contribution is -0.110. The van der Waals surface area contributed by atoms with Gasteiger partial charge in [0.15, 0.2) is 11.6 Å². The molecule has 2 heterocycles. The minimum atomic E-state index is -0.888. The standard InChI is InChI=1S/C10H10F2N2O.C9H11ClN2O/c1-2-14-5-6-8(13-10(14)15)4-3-7(11)9(6)12;1-6-3-9(7(2)12-5-13)11-4-8(6)10/h3-4H,2,5H2,1H3,(H,13,15);3-5,7H,1-2H3,(H,12,13). The van der Waals surface area contributed by atoms with Gasteiger partial charge in [0, 0.05) is 18.3 Å². The molecule has 0 saturated carbocycles. The molecule has 1 unspecified atom stereocenters. The van der Waals surface area contributed by atoms with E-state index < -0.39 is 11.6 Å². The number of halogens is 3. The summed E-state index contributed by atoms with van der Waals surface area (Å²) in [5, 5.41) is 5.77. The van der Waals surface area contributed by atoms with Crippen molar-refractivity contribution in [2.75, 3.05) is 11.9 Å². The Balaban J connectivity index is 0.000000203. The molecule has 0 saturated heterocycles. The average Bonchev–Trinajstić information content (AvgIpc) is 2.67. The Labute approximate surface area is 166 Å². The van der Waals surface area contributed by atoms with E-state index in [-0.39, 0.29) is 24.2 Å². The fourth-order valence-corrected chi connectivity index (χ4v) is 2.67. The maximum Gasteiger partial charge on any atom is 0.322 e. The van der Waals surface area contributed by atoms with E-state index in [1.165, 1.54) is 11.0 Å². The van der Waals surface area contributed by atoms with Crippen molar-refractivity contribution in [3.05, 3.63) is 57.9 Å². The minimum absolute atomic E-state index is 0.0755. The van der Waals surface area contributed by atoms with Crippen LogP contribution < -0.4 is 10.6 Å². The molecule has 28 heavy (non-hydrogen) atoms. The average molecular weight is 411 g/mol. The lowest BCUT2D eigenvalue weighted by Crippen LogP contribution is -2.38. The molecule has 3 amide bonds. The third-order valence-corrected chi connectivity index (χ3v) is 4.68. The maximum absolute atomic E-state index is 13.4. The molecule has 1 aliphatic heterocycles. The van der Waals surface area contributed by atoms with Gasteiger partial charge in [0.25, 0.3) is 0 Å². The topological polar surface area (TPSA) is 74.3 Å². The predicted molar refractivity (Wildman–Crippen MR) is 103 cm³/mol. The number of anilines is 1. The van der Waals surface area contributed by atoms with Crippen molar-refractivity contribution in [3.8, 4) is 0 Å². The van der Waals surface area contributed by atoms with Crippen molar-refractivity contribution in [2.45, 2.75) is 33.4 Å². The molecule has 6 nitrogen and oxygen atoms in total. The zero-order valence-corrected chi connectivity index (χ0v) is 16.5. The van der Waals surface area contributed by atoms with Crippen LogP contribution in [0.1, 0.15) is 36.7 Å². The first kappa shape index (κ1) is 21.6. The van der Waals surface area contributed by atoms with E-state index in [0.717, 1.165) is 17.3 Å². The van der Waals surface area contributed by atoms with E-state index >= 15 is 0 Å². The summed E-state index contributed by atoms with van der Waals surface area (Å²) < 4.78 is 26.3. The summed E-state index contributed by atoms with van der Waals surface area (Å²) >= 11 is 5.81. The second-order valence-electron chi connectivity index (χ2n) is 6.20. The quantitative estimate of drug-likeness (QED) is 0.742. The number of rotatable bonds is 4. The molecule has 2 N–H and O–H groups in total. The number of nitrogens with one attached hydrogen (secondary N) is 2. The largest absolute Gasteiger partial charge is 0.351 e. The number of benzene rings is 1. The number of aryl methyl sites for hydroxylation is 1. The van der Waals surface area contributed by atoms with Crippen LogP contribution in [0.2, 0.25) is 5.02 Å². The Kier molecular flexibility index (Phi) is 7.28. The van der Waals surface area contributed by atoms with Gasteiger partial charge in [-0.05, 0) is 44.5 Å². The van der Waals surface area contributed by atoms with Crippen LogP contribution in [0.25, 0.3) is 0 Å². The molecule has 0 spiro atoms. The number of pyridine rings is 1. The zero-order chi connectivity index (χ0) is 20.8. The highest BCUT2D eigenvalue weighted by atomic mass is 35.5. The van der Waals surface area contributed by atoms with Gasteiger partial charge in [-0.2, -0.15) is 0 Å². The second kappa shape index (κ2) is 9.45. The molecule has 1 atom stereocenters. The number of aromatic nitrogens is 1. The van der Waals surface area contributed by atoms with E-state index in [0.29, 0.717) is 23.7 Å². The number of nitrogens with zero attached hydrogens (tertiary/aromatic N) is 2. The Hall–Kier alpha value is -2.74. The number of amides is 3. The van der Waals surface area contributed by atoms with Crippen molar-refractivity contribution >= 4 is 29.7 Å². The lowest BCUT2D eigenvalue weighted by Gasteiger charge is -2.28. The molecule has 3 rings (SSSR count). The summed E-state index contributed by atoms with van der Waals surface area (Å²) in [7, 11) is 0. The smallest absolute Gasteiger partial charge is 0.322 e. The van der Waals surface area contributed by atoms with Crippen molar-refractivity contribution in [2.24, 2.45) is 0 Å². The van der Waals surface area contributed by atoms with Crippen molar-refractivity contribution < 1.29 is 18.4 Å². The van der Waals surface area contributed by atoms with Crippen LogP contribution in [-0.4, -0.2) is 28.9 Å².